The van der Waals surface area contributed by atoms with Crippen LogP contribution in [0.25, 0.3) is 0 Å². The van der Waals surface area contributed by atoms with E-state index < -0.39 is 0 Å². The molecule has 0 saturated carbocycles. The molecule has 0 radical (unpaired) electrons. The number of ether oxygens (including phenoxy) is 1. The van der Waals surface area contributed by atoms with Crippen molar-refractivity contribution in [1.29, 1.82) is 5.26 Å². The molecular weight excluding hydrogens is 226 g/mol. The van der Waals surface area contributed by atoms with Crippen LogP contribution >= 0.6 is 0 Å². The van der Waals surface area contributed by atoms with Gasteiger partial charge in [-0.1, -0.05) is 24.3 Å². The fraction of sp³-hybridized carbons (Fsp3) is 0.0667. The number of methoxy groups -OCH3 is 1. The lowest BCUT2D eigenvalue weighted by molar-refractivity contribution is 0.103. The second-order valence-corrected chi connectivity index (χ2v) is 3.69. The summed E-state index contributed by atoms with van der Waals surface area (Å²) in [5.41, 5.74) is 1.22. The van der Waals surface area contributed by atoms with Crippen LogP contribution in [0, 0.1) is 11.3 Å². The number of nitrogens with zero attached hydrogens (tertiary/aromatic N) is 1. The van der Waals surface area contributed by atoms with Crippen LogP contribution in [0.15, 0.2) is 48.5 Å². The molecule has 0 aliphatic heterocycles. The van der Waals surface area contributed by atoms with Crippen LogP contribution in [0.1, 0.15) is 21.5 Å². The standard InChI is InChI=1S/C15H11NO2/c1-18-14-9-5-4-8-13(14)15(17)12-7-3-2-6-11(12)10-16/h2-9H,1H3. The number of benzene rings is 2. The van der Waals surface area contributed by atoms with Crippen LogP contribution in [0.3, 0.4) is 0 Å². The molecule has 0 atom stereocenters. The molecule has 0 aliphatic rings. The molecule has 0 spiro atoms. The summed E-state index contributed by atoms with van der Waals surface area (Å²) in [6.07, 6.45) is 0. The first kappa shape index (κ1) is 11.9. The summed E-state index contributed by atoms with van der Waals surface area (Å²) in [6.45, 7) is 0. The van der Waals surface area contributed by atoms with Gasteiger partial charge in [-0.3, -0.25) is 4.79 Å². The van der Waals surface area contributed by atoms with E-state index in [0.717, 1.165) is 0 Å². The topological polar surface area (TPSA) is 50.1 Å². The summed E-state index contributed by atoms with van der Waals surface area (Å²) in [4.78, 5) is 12.4. The Hall–Kier alpha value is -2.60. The highest BCUT2D eigenvalue weighted by molar-refractivity contribution is 6.12. The van der Waals surface area contributed by atoms with Crippen molar-refractivity contribution >= 4 is 5.78 Å². The van der Waals surface area contributed by atoms with Gasteiger partial charge >= 0.3 is 0 Å². The van der Waals surface area contributed by atoms with Gasteiger partial charge in [0, 0.05) is 5.56 Å². The van der Waals surface area contributed by atoms with E-state index >= 15 is 0 Å². The summed E-state index contributed by atoms with van der Waals surface area (Å²) < 4.78 is 5.16. The molecule has 0 aliphatic carbocycles. The minimum atomic E-state index is -0.204. The molecular formula is C15H11NO2. The van der Waals surface area contributed by atoms with E-state index in [-0.39, 0.29) is 5.78 Å². The first-order valence-electron chi connectivity index (χ1n) is 5.44. The highest BCUT2D eigenvalue weighted by Crippen LogP contribution is 2.22. The van der Waals surface area contributed by atoms with Crippen LogP contribution in [0.4, 0.5) is 0 Å². The zero-order chi connectivity index (χ0) is 13.0. The van der Waals surface area contributed by atoms with E-state index in [0.29, 0.717) is 22.4 Å². The Bertz CT molecular complexity index is 626. The average molecular weight is 237 g/mol. The zero-order valence-electron chi connectivity index (χ0n) is 9.88. The van der Waals surface area contributed by atoms with Crippen LogP contribution in [0.2, 0.25) is 0 Å². The van der Waals surface area contributed by atoms with Gasteiger partial charge in [0.15, 0.2) is 5.78 Å². The number of hydrogen-bond acceptors (Lipinski definition) is 3. The number of carbonyl (C=O) groups excluding carboxylic acids is 1. The van der Waals surface area contributed by atoms with Gasteiger partial charge in [-0.2, -0.15) is 5.26 Å². The molecule has 3 heteroatoms. The SMILES string of the molecule is COc1ccccc1C(=O)c1ccccc1C#N. The van der Waals surface area contributed by atoms with Crippen molar-refractivity contribution in [2.75, 3.05) is 7.11 Å². The van der Waals surface area contributed by atoms with Gasteiger partial charge in [0.25, 0.3) is 0 Å². The predicted molar refractivity (Wildman–Crippen MR) is 67.6 cm³/mol. The number of hydrogen-bond donors (Lipinski definition) is 0. The largest absolute Gasteiger partial charge is 0.496 e. The van der Waals surface area contributed by atoms with Crippen molar-refractivity contribution < 1.29 is 9.53 Å². The predicted octanol–water partition coefficient (Wildman–Crippen LogP) is 2.80. The number of rotatable bonds is 3. The number of para-hydroxylation sites is 1. The first-order chi connectivity index (χ1) is 8.77. The van der Waals surface area contributed by atoms with Crippen molar-refractivity contribution in [3.05, 3.63) is 65.2 Å². The van der Waals surface area contributed by atoms with E-state index in [2.05, 4.69) is 0 Å². The summed E-state index contributed by atoms with van der Waals surface area (Å²) in [5, 5.41) is 9.01. The van der Waals surface area contributed by atoms with Crippen molar-refractivity contribution in [2.24, 2.45) is 0 Å². The van der Waals surface area contributed by atoms with E-state index in [1.165, 1.54) is 7.11 Å². The summed E-state index contributed by atoms with van der Waals surface area (Å²) >= 11 is 0. The minimum absolute atomic E-state index is 0.204. The summed E-state index contributed by atoms with van der Waals surface area (Å²) in [5.74, 6) is 0.305. The number of ketones is 1. The third kappa shape index (κ3) is 2.09. The molecule has 88 valence electrons. The van der Waals surface area contributed by atoms with Crippen molar-refractivity contribution in [1.82, 2.24) is 0 Å². The molecule has 0 bridgehead atoms. The highest BCUT2D eigenvalue weighted by Gasteiger charge is 2.16. The van der Waals surface area contributed by atoms with Gasteiger partial charge in [0.05, 0.1) is 24.3 Å². The van der Waals surface area contributed by atoms with E-state index in [4.69, 9.17) is 10.00 Å². The Kier molecular flexibility index (Phi) is 3.40. The second kappa shape index (κ2) is 5.15. The molecule has 0 fully saturated rings. The fourth-order valence-corrected chi connectivity index (χ4v) is 1.76. The van der Waals surface area contributed by atoms with Crippen molar-refractivity contribution in [3.63, 3.8) is 0 Å². The molecule has 0 unspecified atom stereocenters. The van der Waals surface area contributed by atoms with Gasteiger partial charge in [0.2, 0.25) is 0 Å². The molecule has 0 heterocycles. The third-order valence-electron chi connectivity index (χ3n) is 2.64. The fourth-order valence-electron chi connectivity index (χ4n) is 1.76. The lowest BCUT2D eigenvalue weighted by Crippen LogP contribution is -2.05. The van der Waals surface area contributed by atoms with Crippen LogP contribution in [0.5, 0.6) is 5.75 Å². The average Bonchev–Trinajstić information content (AvgIpc) is 2.46. The lowest BCUT2D eigenvalue weighted by Gasteiger charge is -2.07. The maximum Gasteiger partial charge on any atom is 0.198 e. The lowest BCUT2D eigenvalue weighted by atomic mass is 9.98. The minimum Gasteiger partial charge on any atom is -0.496 e. The molecule has 0 saturated heterocycles. The summed E-state index contributed by atoms with van der Waals surface area (Å²) in [6, 6.07) is 15.7. The zero-order valence-corrected chi connectivity index (χ0v) is 9.88. The Morgan fingerprint density at radius 3 is 2.33 bits per heavy atom. The normalized spacial score (nSPS) is 9.56. The smallest absolute Gasteiger partial charge is 0.198 e. The van der Waals surface area contributed by atoms with Crippen LogP contribution in [-0.2, 0) is 0 Å². The van der Waals surface area contributed by atoms with Gasteiger partial charge in [-0.25, -0.2) is 0 Å². The van der Waals surface area contributed by atoms with Crippen LogP contribution < -0.4 is 4.74 Å². The maximum absolute atomic E-state index is 12.4. The highest BCUT2D eigenvalue weighted by atomic mass is 16.5. The van der Waals surface area contributed by atoms with Crippen LogP contribution in [-0.4, -0.2) is 12.9 Å². The third-order valence-corrected chi connectivity index (χ3v) is 2.64. The Balaban J connectivity index is 2.52. The molecule has 0 aromatic heterocycles. The molecule has 0 amide bonds. The van der Waals surface area contributed by atoms with E-state index in [1.807, 2.05) is 6.07 Å². The number of carbonyl (C=O) groups is 1. The van der Waals surface area contributed by atoms with Crippen molar-refractivity contribution in [2.45, 2.75) is 0 Å². The van der Waals surface area contributed by atoms with Crippen molar-refractivity contribution in [3.8, 4) is 11.8 Å². The molecule has 0 N–H and O–H groups in total. The summed E-state index contributed by atoms with van der Waals surface area (Å²) in [7, 11) is 1.52. The number of nitriles is 1. The Labute approximate surface area is 105 Å². The molecule has 3 nitrogen and oxygen atoms in total. The van der Waals surface area contributed by atoms with Gasteiger partial charge in [-0.15, -0.1) is 0 Å². The van der Waals surface area contributed by atoms with Gasteiger partial charge < -0.3 is 4.74 Å². The quantitative estimate of drug-likeness (QED) is 0.771. The Morgan fingerprint density at radius 2 is 1.67 bits per heavy atom. The van der Waals surface area contributed by atoms with Gasteiger partial charge in [-0.05, 0) is 24.3 Å². The molecule has 2 aromatic carbocycles. The molecule has 18 heavy (non-hydrogen) atoms. The maximum atomic E-state index is 12.4. The molecule has 2 aromatic rings. The van der Waals surface area contributed by atoms with Gasteiger partial charge in [0.1, 0.15) is 5.75 Å². The monoisotopic (exact) mass is 237 g/mol. The second-order valence-electron chi connectivity index (χ2n) is 3.69. The molecule has 2 rings (SSSR count). The van der Waals surface area contributed by atoms with E-state index in [9.17, 15) is 4.79 Å². The first-order valence-corrected chi connectivity index (χ1v) is 5.44. The Morgan fingerprint density at radius 1 is 1.06 bits per heavy atom. The van der Waals surface area contributed by atoms with E-state index in [1.54, 1.807) is 48.5 Å².